The standard InChI is InChI=1S/C16H22ClN3O2S/c17-14-5-4-13(23-14)16(22)20-10-8-18(9-11-20)12-15(21)19-6-2-1-3-7-19/h4-5H,1-3,6-12H2. The maximum Gasteiger partial charge on any atom is 0.264 e. The Balaban J connectivity index is 1.46. The highest BCUT2D eigenvalue weighted by molar-refractivity contribution is 7.17. The number of carbonyl (C=O) groups is 2. The van der Waals surface area contributed by atoms with Crippen molar-refractivity contribution < 1.29 is 9.59 Å². The third kappa shape index (κ3) is 4.25. The summed E-state index contributed by atoms with van der Waals surface area (Å²) in [5.41, 5.74) is 0. The summed E-state index contributed by atoms with van der Waals surface area (Å²) in [7, 11) is 0. The Bertz CT molecular complexity index is 563. The summed E-state index contributed by atoms with van der Waals surface area (Å²) in [6.07, 6.45) is 3.48. The van der Waals surface area contributed by atoms with E-state index in [1.165, 1.54) is 17.8 Å². The lowest BCUT2D eigenvalue weighted by atomic mass is 10.1. The van der Waals surface area contributed by atoms with Gasteiger partial charge in [0.05, 0.1) is 15.8 Å². The van der Waals surface area contributed by atoms with Crippen molar-refractivity contribution in [3.05, 3.63) is 21.3 Å². The molecule has 0 bridgehead atoms. The average molecular weight is 356 g/mol. The molecule has 2 aliphatic rings. The smallest absolute Gasteiger partial charge is 0.264 e. The van der Waals surface area contributed by atoms with E-state index in [0.717, 1.165) is 39.0 Å². The normalized spacial score (nSPS) is 19.9. The molecule has 2 fully saturated rings. The molecule has 0 spiro atoms. The SMILES string of the molecule is O=C(CN1CCN(C(=O)c2ccc(Cl)s2)CC1)N1CCCCC1. The van der Waals surface area contributed by atoms with Crippen LogP contribution in [-0.2, 0) is 4.79 Å². The lowest BCUT2D eigenvalue weighted by Gasteiger charge is -2.35. The summed E-state index contributed by atoms with van der Waals surface area (Å²) in [4.78, 5) is 31.3. The van der Waals surface area contributed by atoms with E-state index in [1.807, 2.05) is 9.80 Å². The fraction of sp³-hybridized carbons (Fsp3) is 0.625. The number of likely N-dealkylation sites (tertiary alicyclic amines) is 1. The molecule has 0 radical (unpaired) electrons. The van der Waals surface area contributed by atoms with Crippen molar-refractivity contribution in [2.75, 3.05) is 45.8 Å². The first-order valence-corrected chi connectivity index (χ1v) is 9.37. The molecule has 0 unspecified atom stereocenters. The number of nitrogens with zero attached hydrogens (tertiary/aromatic N) is 3. The Morgan fingerprint density at radius 2 is 1.65 bits per heavy atom. The molecule has 3 heterocycles. The fourth-order valence-corrected chi connectivity index (χ4v) is 4.14. The molecule has 126 valence electrons. The molecule has 0 aliphatic carbocycles. The number of piperidine rings is 1. The molecular formula is C16H22ClN3O2S. The zero-order valence-electron chi connectivity index (χ0n) is 13.2. The number of thiophene rings is 1. The minimum Gasteiger partial charge on any atom is -0.342 e. The van der Waals surface area contributed by atoms with Gasteiger partial charge >= 0.3 is 0 Å². The van der Waals surface area contributed by atoms with Crippen LogP contribution >= 0.6 is 22.9 Å². The van der Waals surface area contributed by atoms with Crippen molar-refractivity contribution in [2.24, 2.45) is 0 Å². The van der Waals surface area contributed by atoms with Gasteiger partial charge in [0.25, 0.3) is 5.91 Å². The largest absolute Gasteiger partial charge is 0.342 e. The molecule has 0 saturated carbocycles. The maximum atomic E-state index is 12.4. The van der Waals surface area contributed by atoms with E-state index in [4.69, 9.17) is 11.6 Å². The van der Waals surface area contributed by atoms with E-state index < -0.39 is 0 Å². The number of carbonyl (C=O) groups excluding carboxylic acids is 2. The van der Waals surface area contributed by atoms with Gasteiger partial charge in [-0.05, 0) is 31.4 Å². The summed E-state index contributed by atoms with van der Waals surface area (Å²) in [5.74, 6) is 0.276. The first-order chi connectivity index (χ1) is 11.1. The molecule has 2 aliphatic heterocycles. The fourth-order valence-electron chi connectivity index (χ4n) is 3.13. The van der Waals surface area contributed by atoms with Crippen LogP contribution in [0, 0.1) is 0 Å². The van der Waals surface area contributed by atoms with Gasteiger partial charge in [-0.3, -0.25) is 14.5 Å². The van der Waals surface area contributed by atoms with E-state index in [1.54, 1.807) is 12.1 Å². The van der Waals surface area contributed by atoms with Crippen LogP contribution in [0.25, 0.3) is 0 Å². The third-order valence-corrected chi connectivity index (χ3v) is 5.73. The summed E-state index contributed by atoms with van der Waals surface area (Å²) in [6.45, 7) is 5.12. The third-order valence-electron chi connectivity index (χ3n) is 4.51. The lowest BCUT2D eigenvalue weighted by Crippen LogP contribution is -2.51. The highest BCUT2D eigenvalue weighted by Gasteiger charge is 2.25. The number of amides is 2. The summed E-state index contributed by atoms with van der Waals surface area (Å²) in [6, 6.07) is 3.54. The van der Waals surface area contributed by atoms with Gasteiger partial charge in [-0.15, -0.1) is 11.3 Å². The van der Waals surface area contributed by atoms with Crippen LogP contribution < -0.4 is 0 Å². The summed E-state index contributed by atoms with van der Waals surface area (Å²) >= 11 is 7.21. The molecule has 2 saturated heterocycles. The highest BCUT2D eigenvalue weighted by Crippen LogP contribution is 2.23. The second-order valence-electron chi connectivity index (χ2n) is 6.11. The van der Waals surface area contributed by atoms with Gasteiger partial charge in [-0.2, -0.15) is 0 Å². The number of rotatable bonds is 3. The van der Waals surface area contributed by atoms with Crippen molar-refractivity contribution in [1.29, 1.82) is 0 Å². The van der Waals surface area contributed by atoms with Gasteiger partial charge in [0.15, 0.2) is 0 Å². The van der Waals surface area contributed by atoms with Gasteiger partial charge in [0.1, 0.15) is 0 Å². The second kappa shape index (κ2) is 7.64. The van der Waals surface area contributed by atoms with E-state index in [9.17, 15) is 9.59 Å². The molecule has 0 aromatic carbocycles. The number of hydrogen-bond donors (Lipinski definition) is 0. The van der Waals surface area contributed by atoms with Gasteiger partial charge in [-0.1, -0.05) is 11.6 Å². The number of piperazine rings is 1. The Kier molecular flexibility index (Phi) is 5.56. The van der Waals surface area contributed by atoms with E-state index >= 15 is 0 Å². The average Bonchev–Trinajstić information content (AvgIpc) is 3.02. The van der Waals surface area contributed by atoms with Crippen molar-refractivity contribution in [2.45, 2.75) is 19.3 Å². The minimum atomic E-state index is 0.0453. The Morgan fingerprint density at radius 3 is 2.26 bits per heavy atom. The first-order valence-electron chi connectivity index (χ1n) is 8.18. The molecule has 3 rings (SSSR count). The molecule has 1 aromatic heterocycles. The zero-order chi connectivity index (χ0) is 16.2. The second-order valence-corrected chi connectivity index (χ2v) is 7.83. The van der Waals surface area contributed by atoms with Crippen molar-refractivity contribution >= 4 is 34.8 Å². The highest BCUT2D eigenvalue weighted by atomic mass is 35.5. The Hall–Kier alpha value is -1.11. The van der Waals surface area contributed by atoms with Crippen molar-refractivity contribution in [3.63, 3.8) is 0 Å². The first kappa shape index (κ1) is 16.7. The maximum absolute atomic E-state index is 12.4. The van der Waals surface area contributed by atoms with Crippen LogP contribution in [-0.4, -0.2) is 72.3 Å². The summed E-state index contributed by atoms with van der Waals surface area (Å²) < 4.78 is 0.638. The molecule has 7 heteroatoms. The van der Waals surface area contributed by atoms with Crippen molar-refractivity contribution in [3.8, 4) is 0 Å². The van der Waals surface area contributed by atoms with Crippen LogP contribution in [0.1, 0.15) is 28.9 Å². The molecule has 1 aromatic rings. The van der Waals surface area contributed by atoms with Gasteiger partial charge in [0.2, 0.25) is 5.91 Å². The van der Waals surface area contributed by atoms with Crippen LogP contribution in [0.5, 0.6) is 0 Å². The predicted octanol–water partition coefficient (Wildman–Crippen LogP) is 2.17. The van der Waals surface area contributed by atoms with Crippen LogP contribution in [0.3, 0.4) is 0 Å². The monoisotopic (exact) mass is 355 g/mol. The van der Waals surface area contributed by atoms with E-state index in [-0.39, 0.29) is 11.8 Å². The molecule has 0 atom stereocenters. The minimum absolute atomic E-state index is 0.0453. The topological polar surface area (TPSA) is 43.9 Å². The Labute approximate surface area is 145 Å². The van der Waals surface area contributed by atoms with Crippen LogP contribution in [0.2, 0.25) is 4.34 Å². The van der Waals surface area contributed by atoms with Crippen LogP contribution in [0.4, 0.5) is 0 Å². The predicted molar refractivity (Wildman–Crippen MR) is 92.1 cm³/mol. The molecule has 5 nitrogen and oxygen atoms in total. The molecule has 2 amide bonds. The summed E-state index contributed by atoms with van der Waals surface area (Å²) in [5, 5.41) is 0. The van der Waals surface area contributed by atoms with Crippen LogP contribution in [0.15, 0.2) is 12.1 Å². The zero-order valence-corrected chi connectivity index (χ0v) is 14.7. The Morgan fingerprint density at radius 1 is 0.957 bits per heavy atom. The number of hydrogen-bond acceptors (Lipinski definition) is 4. The van der Waals surface area contributed by atoms with E-state index in [2.05, 4.69) is 4.90 Å². The van der Waals surface area contributed by atoms with E-state index in [0.29, 0.717) is 28.8 Å². The lowest BCUT2D eigenvalue weighted by molar-refractivity contribution is -0.133. The molecular weight excluding hydrogens is 334 g/mol. The van der Waals surface area contributed by atoms with Crippen molar-refractivity contribution in [1.82, 2.24) is 14.7 Å². The quantitative estimate of drug-likeness (QED) is 0.834. The van der Waals surface area contributed by atoms with Gasteiger partial charge in [-0.25, -0.2) is 0 Å². The van der Waals surface area contributed by atoms with Gasteiger partial charge < -0.3 is 9.80 Å². The molecule has 0 N–H and O–H groups in total. The molecule has 23 heavy (non-hydrogen) atoms. The van der Waals surface area contributed by atoms with Gasteiger partial charge in [0, 0.05) is 39.3 Å². The number of halogens is 1.